The van der Waals surface area contributed by atoms with E-state index in [1.165, 1.54) is 13.1 Å². The minimum atomic E-state index is -0.307. The van der Waals surface area contributed by atoms with Crippen LogP contribution in [0.5, 0.6) is 0 Å². The smallest absolute Gasteiger partial charge is 0.274 e. The van der Waals surface area contributed by atoms with Crippen molar-refractivity contribution >= 4 is 34.8 Å². The SMILES string of the molecule is CCc1ccccc1NC(=O)c1ccnc(Nc2cccc(NC(C)=O)c2)n1. The molecule has 0 atom stereocenters. The molecule has 7 heteroatoms. The second-order valence-corrected chi connectivity index (χ2v) is 6.12. The number of para-hydroxylation sites is 1. The third kappa shape index (κ3) is 4.91. The number of aromatic nitrogens is 2. The highest BCUT2D eigenvalue weighted by molar-refractivity contribution is 6.03. The molecule has 0 aliphatic heterocycles. The highest BCUT2D eigenvalue weighted by atomic mass is 16.2. The van der Waals surface area contributed by atoms with Crippen molar-refractivity contribution in [1.29, 1.82) is 0 Å². The molecule has 0 saturated heterocycles. The van der Waals surface area contributed by atoms with E-state index in [1.807, 2.05) is 37.3 Å². The van der Waals surface area contributed by atoms with Crippen LogP contribution in [-0.4, -0.2) is 21.8 Å². The maximum Gasteiger partial charge on any atom is 0.274 e. The van der Waals surface area contributed by atoms with Crippen molar-refractivity contribution in [2.24, 2.45) is 0 Å². The Labute approximate surface area is 163 Å². The van der Waals surface area contributed by atoms with Crippen molar-refractivity contribution in [2.45, 2.75) is 20.3 Å². The summed E-state index contributed by atoms with van der Waals surface area (Å²) in [5.74, 6) is -0.172. The van der Waals surface area contributed by atoms with Gasteiger partial charge in [-0.15, -0.1) is 0 Å². The molecule has 0 fully saturated rings. The predicted octanol–water partition coefficient (Wildman–Crippen LogP) is 3.99. The van der Waals surface area contributed by atoms with E-state index in [0.717, 1.165) is 17.7 Å². The van der Waals surface area contributed by atoms with Gasteiger partial charge in [0.1, 0.15) is 5.69 Å². The number of nitrogens with one attached hydrogen (secondary N) is 3. The fraction of sp³-hybridized carbons (Fsp3) is 0.143. The summed E-state index contributed by atoms with van der Waals surface area (Å²) in [5, 5.41) is 8.66. The zero-order valence-corrected chi connectivity index (χ0v) is 15.7. The van der Waals surface area contributed by atoms with Crippen LogP contribution in [0.25, 0.3) is 0 Å². The molecule has 0 spiro atoms. The number of benzene rings is 2. The Hall–Kier alpha value is -3.74. The van der Waals surface area contributed by atoms with Gasteiger partial charge in [0, 0.05) is 30.2 Å². The molecule has 0 aliphatic carbocycles. The van der Waals surface area contributed by atoms with E-state index in [4.69, 9.17) is 0 Å². The van der Waals surface area contributed by atoms with Gasteiger partial charge >= 0.3 is 0 Å². The Morgan fingerprint density at radius 3 is 2.54 bits per heavy atom. The minimum Gasteiger partial charge on any atom is -0.326 e. The number of rotatable bonds is 6. The van der Waals surface area contributed by atoms with Crippen molar-refractivity contribution in [3.8, 4) is 0 Å². The van der Waals surface area contributed by atoms with Crippen LogP contribution in [0, 0.1) is 0 Å². The molecule has 0 radical (unpaired) electrons. The highest BCUT2D eigenvalue weighted by Crippen LogP contribution is 2.19. The van der Waals surface area contributed by atoms with Crippen LogP contribution < -0.4 is 16.0 Å². The van der Waals surface area contributed by atoms with Crippen LogP contribution in [0.2, 0.25) is 0 Å². The molecule has 2 aromatic carbocycles. The third-order valence-corrected chi connectivity index (χ3v) is 3.97. The normalized spacial score (nSPS) is 10.2. The molecule has 0 aliphatic rings. The second kappa shape index (κ2) is 8.77. The van der Waals surface area contributed by atoms with Crippen molar-refractivity contribution in [3.63, 3.8) is 0 Å². The number of nitrogens with zero attached hydrogens (tertiary/aromatic N) is 2. The van der Waals surface area contributed by atoms with Gasteiger partial charge in [-0.2, -0.15) is 0 Å². The lowest BCUT2D eigenvalue weighted by molar-refractivity contribution is -0.114. The van der Waals surface area contributed by atoms with Crippen LogP contribution in [-0.2, 0) is 11.2 Å². The van der Waals surface area contributed by atoms with Crippen LogP contribution in [0.1, 0.15) is 29.9 Å². The van der Waals surface area contributed by atoms with Crippen LogP contribution in [0.3, 0.4) is 0 Å². The van der Waals surface area contributed by atoms with E-state index in [0.29, 0.717) is 11.4 Å². The van der Waals surface area contributed by atoms with Crippen molar-refractivity contribution in [1.82, 2.24) is 9.97 Å². The summed E-state index contributed by atoms with van der Waals surface area (Å²) in [6.07, 6.45) is 2.34. The van der Waals surface area contributed by atoms with E-state index in [-0.39, 0.29) is 23.5 Å². The molecule has 3 rings (SSSR count). The molecule has 0 bridgehead atoms. The van der Waals surface area contributed by atoms with E-state index < -0.39 is 0 Å². The van der Waals surface area contributed by atoms with E-state index >= 15 is 0 Å². The lowest BCUT2D eigenvalue weighted by atomic mass is 10.1. The Balaban J connectivity index is 1.75. The Kier molecular flexibility index (Phi) is 5.96. The molecule has 142 valence electrons. The Bertz CT molecular complexity index is 1000. The monoisotopic (exact) mass is 375 g/mol. The van der Waals surface area contributed by atoms with E-state index in [9.17, 15) is 9.59 Å². The lowest BCUT2D eigenvalue weighted by Gasteiger charge is -2.10. The van der Waals surface area contributed by atoms with Gasteiger partial charge < -0.3 is 16.0 Å². The summed E-state index contributed by atoms with van der Waals surface area (Å²) in [6, 6.07) is 16.4. The van der Waals surface area contributed by atoms with Crippen LogP contribution in [0.15, 0.2) is 60.8 Å². The molecular formula is C21H21N5O2. The molecule has 1 aromatic heterocycles. The lowest BCUT2D eigenvalue weighted by Crippen LogP contribution is -2.15. The number of hydrogen-bond acceptors (Lipinski definition) is 5. The highest BCUT2D eigenvalue weighted by Gasteiger charge is 2.11. The summed E-state index contributed by atoms with van der Waals surface area (Å²) in [5.41, 5.74) is 3.42. The van der Waals surface area contributed by atoms with Crippen LogP contribution >= 0.6 is 0 Å². The fourth-order valence-corrected chi connectivity index (χ4v) is 2.69. The summed E-state index contributed by atoms with van der Waals surface area (Å²) in [6.45, 7) is 3.48. The van der Waals surface area contributed by atoms with Gasteiger partial charge in [0.15, 0.2) is 0 Å². The summed E-state index contributed by atoms with van der Waals surface area (Å²) < 4.78 is 0. The number of carbonyl (C=O) groups excluding carboxylic acids is 2. The van der Waals surface area contributed by atoms with Crippen molar-refractivity contribution < 1.29 is 9.59 Å². The largest absolute Gasteiger partial charge is 0.326 e. The van der Waals surface area contributed by atoms with Gasteiger partial charge in [-0.3, -0.25) is 9.59 Å². The number of hydrogen-bond donors (Lipinski definition) is 3. The molecule has 0 unspecified atom stereocenters. The van der Waals surface area contributed by atoms with Gasteiger partial charge in [0.25, 0.3) is 5.91 Å². The maximum absolute atomic E-state index is 12.6. The topological polar surface area (TPSA) is 96.0 Å². The first-order valence-electron chi connectivity index (χ1n) is 8.92. The number of carbonyl (C=O) groups is 2. The fourth-order valence-electron chi connectivity index (χ4n) is 2.69. The zero-order valence-electron chi connectivity index (χ0n) is 15.7. The van der Waals surface area contributed by atoms with Gasteiger partial charge in [0.2, 0.25) is 11.9 Å². The molecule has 3 N–H and O–H groups in total. The molecule has 3 aromatic rings. The second-order valence-electron chi connectivity index (χ2n) is 6.12. The molecule has 0 saturated carbocycles. The standard InChI is InChI=1S/C21H21N5O2/c1-3-15-7-4-5-10-18(15)25-20(28)19-11-12-22-21(26-19)24-17-9-6-8-16(13-17)23-14(2)27/h4-13H,3H2,1-2H3,(H,23,27)(H,25,28)(H,22,24,26). The van der Waals surface area contributed by atoms with Crippen LogP contribution in [0.4, 0.5) is 23.0 Å². The van der Waals surface area contributed by atoms with Gasteiger partial charge in [-0.05, 0) is 42.3 Å². The van der Waals surface area contributed by atoms with Crippen molar-refractivity contribution in [3.05, 3.63) is 72.1 Å². The Morgan fingerprint density at radius 2 is 1.75 bits per heavy atom. The molecule has 1 heterocycles. The van der Waals surface area contributed by atoms with Gasteiger partial charge in [-0.1, -0.05) is 31.2 Å². The molecule has 2 amide bonds. The van der Waals surface area contributed by atoms with Crippen molar-refractivity contribution in [2.75, 3.05) is 16.0 Å². The first-order chi connectivity index (χ1) is 13.5. The summed E-state index contributed by atoms with van der Waals surface area (Å²) >= 11 is 0. The molecular weight excluding hydrogens is 354 g/mol. The average molecular weight is 375 g/mol. The number of aryl methyl sites for hydroxylation is 1. The third-order valence-electron chi connectivity index (χ3n) is 3.97. The first kappa shape index (κ1) is 19.0. The van der Waals surface area contributed by atoms with E-state index in [2.05, 4.69) is 25.9 Å². The summed E-state index contributed by atoms with van der Waals surface area (Å²) in [7, 11) is 0. The first-order valence-corrected chi connectivity index (χ1v) is 8.92. The number of anilines is 4. The predicted molar refractivity (Wildman–Crippen MR) is 110 cm³/mol. The quantitative estimate of drug-likeness (QED) is 0.605. The van der Waals surface area contributed by atoms with Gasteiger partial charge in [0.05, 0.1) is 0 Å². The van der Waals surface area contributed by atoms with Gasteiger partial charge in [-0.25, -0.2) is 9.97 Å². The number of amides is 2. The molecule has 28 heavy (non-hydrogen) atoms. The average Bonchev–Trinajstić information content (AvgIpc) is 2.68. The maximum atomic E-state index is 12.6. The summed E-state index contributed by atoms with van der Waals surface area (Å²) in [4.78, 5) is 32.2. The van der Waals surface area contributed by atoms with E-state index in [1.54, 1.807) is 24.3 Å². The Morgan fingerprint density at radius 1 is 0.964 bits per heavy atom. The minimum absolute atomic E-state index is 0.153. The molecule has 7 nitrogen and oxygen atoms in total. The zero-order chi connectivity index (χ0) is 19.9.